The van der Waals surface area contributed by atoms with Crippen LogP contribution in [0.3, 0.4) is 0 Å². The lowest BCUT2D eigenvalue weighted by Gasteiger charge is -2.39. The van der Waals surface area contributed by atoms with Gasteiger partial charge in [0, 0.05) is 35.9 Å². The average molecular weight is 360 g/mol. The second-order valence-electron chi connectivity index (χ2n) is 6.54. The van der Waals surface area contributed by atoms with E-state index in [9.17, 15) is 9.59 Å². The predicted octanol–water partition coefficient (Wildman–Crippen LogP) is 0.927. The number of rotatable bonds is 4. The molecular formula is C17H20N4O3S. The van der Waals surface area contributed by atoms with Crippen LogP contribution in [0.15, 0.2) is 23.1 Å². The maximum Gasteiger partial charge on any atom is 0.254 e. The molecule has 7 nitrogen and oxygen atoms in total. The van der Waals surface area contributed by atoms with E-state index in [0.29, 0.717) is 18.8 Å². The lowest BCUT2D eigenvalue weighted by Crippen LogP contribution is -2.57. The second-order valence-corrected chi connectivity index (χ2v) is 7.52. The van der Waals surface area contributed by atoms with Gasteiger partial charge in [0.1, 0.15) is 18.4 Å². The van der Waals surface area contributed by atoms with Gasteiger partial charge >= 0.3 is 0 Å². The Kier molecular flexibility index (Phi) is 4.07. The Labute approximate surface area is 149 Å². The van der Waals surface area contributed by atoms with Crippen molar-refractivity contribution >= 4 is 17.7 Å². The molecule has 0 bridgehead atoms. The highest BCUT2D eigenvalue weighted by atomic mass is 32.2. The van der Waals surface area contributed by atoms with E-state index in [1.54, 1.807) is 16.5 Å². The molecule has 2 aliphatic rings. The summed E-state index contributed by atoms with van der Waals surface area (Å²) < 4.78 is 9.21. The van der Waals surface area contributed by atoms with E-state index in [1.165, 1.54) is 17.3 Å². The zero-order valence-corrected chi connectivity index (χ0v) is 15.1. The van der Waals surface area contributed by atoms with Crippen LogP contribution in [0.1, 0.15) is 17.0 Å². The first-order valence-electron chi connectivity index (χ1n) is 8.24. The molecule has 25 heavy (non-hydrogen) atoms. The highest BCUT2D eigenvalue weighted by Gasteiger charge is 2.33. The summed E-state index contributed by atoms with van der Waals surface area (Å²) in [4.78, 5) is 26.0. The number of hydrogen-bond donors (Lipinski definition) is 0. The molecule has 0 aromatic carbocycles. The first kappa shape index (κ1) is 16.3. The highest BCUT2D eigenvalue weighted by molar-refractivity contribution is 7.98. The monoisotopic (exact) mass is 360 g/mol. The van der Waals surface area contributed by atoms with E-state index in [2.05, 4.69) is 5.10 Å². The third kappa shape index (κ3) is 3.06. The fourth-order valence-corrected chi connectivity index (χ4v) is 4.16. The summed E-state index contributed by atoms with van der Waals surface area (Å²) in [7, 11) is 1.73. The Morgan fingerprint density at radius 3 is 2.92 bits per heavy atom. The molecule has 0 aliphatic carbocycles. The van der Waals surface area contributed by atoms with Crippen molar-refractivity contribution in [2.45, 2.75) is 31.1 Å². The summed E-state index contributed by atoms with van der Waals surface area (Å²) in [5, 5.41) is 4.32. The van der Waals surface area contributed by atoms with Gasteiger partial charge in [-0.1, -0.05) is 0 Å². The Bertz CT molecular complexity index is 883. The van der Waals surface area contributed by atoms with Crippen LogP contribution in [-0.2, 0) is 29.9 Å². The minimum absolute atomic E-state index is 0.0582. The Hall–Kier alpha value is -2.22. The van der Waals surface area contributed by atoms with Gasteiger partial charge in [-0.2, -0.15) is 16.9 Å². The van der Waals surface area contributed by atoms with Crippen molar-refractivity contribution in [3.8, 4) is 5.75 Å². The van der Waals surface area contributed by atoms with E-state index < -0.39 is 0 Å². The number of nitrogens with zero attached hydrogens (tertiary/aromatic N) is 4. The maximum absolute atomic E-state index is 12.4. The van der Waals surface area contributed by atoms with Crippen LogP contribution in [0.4, 0.5) is 0 Å². The largest absolute Gasteiger partial charge is 0.486 e. The normalized spacial score (nSPS) is 16.6. The topological polar surface area (TPSA) is 69.4 Å². The number of fused-ring (bicyclic) bond motifs is 1. The van der Waals surface area contributed by atoms with Crippen LogP contribution in [0.25, 0.3) is 0 Å². The molecule has 2 aromatic rings. The summed E-state index contributed by atoms with van der Waals surface area (Å²) in [6, 6.07) is 3.33. The fraction of sp³-hybridized carbons (Fsp3) is 0.471. The van der Waals surface area contributed by atoms with Gasteiger partial charge in [0.15, 0.2) is 0 Å². The van der Waals surface area contributed by atoms with E-state index in [-0.39, 0.29) is 24.1 Å². The average Bonchev–Trinajstić information content (AvgIpc) is 3.13. The summed E-state index contributed by atoms with van der Waals surface area (Å²) in [5.41, 5.74) is 3.17. The molecule has 0 unspecified atom stereocenters. The number of ether oxygens (including phenoxy) is 1. The van der Waals surface area contributed by atoms with Gasteiger partial charge in [-0.3, -0.25) is 14.3 Å². The number of carbonyl (C=O) groups is 1. The molecule has 0 N–H and O–H groups in total. The van der Waals surface area contributed by atoms with E-state index in [1.807, 2.05) is 35.6 Å². The van der Waals surface area contributed by atoms with Gasteiger partial charge in [-0.25, -0.2) is 0 Å². The van der Waals surface area contributed by atoms with Gasteiger partial charge in [0.25, 0.3) is 5.56 Å². The molecule has 1 fully saturated rings. The zero-order chi connectivity index (χ0) is 17.6. The van der Waals surface area contributed by atoms with E-state index in [4.69, 9.17) is 4.74 Å². The summed E-state index contributed by atoms with van der Waals surface area (Å²) in [6.07, 6.45) is 1.80. The van der Waals surface area contributed by atoms with Gasteiger partial charge in [0.05, 0.1) is 25.0 Å². The summed E-state index contributed by atoms with van der Waals surface area (Å²) in [5.74, 6) is 2.54. The Balaban J connectivity index is 1.32. The predicted molar refractivity (Wildman–Crippen MR) is 94.6 cm³/mol. The zero-order valence-electron chi connectivity index (χ0n) is 14.3. The molecule has 0 atom stereocenters. The number of pyridine rings is 1. The van der Waals surface area contributed by atoms with Crippen LogP contribution in [0.5, 0.6) is 5.75 Å². The Morgan fingerprint density at radius 2 is 2.16 bits per heavy atom. The summed E-state index contributed by atoms with van der Waals surface area (Å²) in [6.45, 7) is 3.25. The number of amides is 1. The first-order chi connectivity index (χ1) is 12.0. The molecule has 4 rings (SSSR count). The van der Waals surface area contributed by atoms with Crippen molar-refractivity contribution in [1.29, 1.82) is 0 Å². The van der Waals surface area contributed by atoms with Crippen molar-refractivity contribution in [3.05, 3.63) is 45.6 Å². The van der Waals surface area contributed by atoms with Crippen LogP contribution in [-0.4, -0.2) is 44.3 Å². The van der Waals surface area contributed by atoms with Crippen LogP contribution >= 0.6 is 11.8 Å². The SMILES string of the molecule is Cc1cc(OC2CN(C(=O)Cn3ncc4c3CSC4)C2)cc(=O)n1C. The third-order valence-electron chi connectivity index (χ3n) is 4.80. The number of likely N-dealkylation sites (tertiary alicyclic amines) is 1. The lowest BCUT2D eigenvalue weighted by atomic mass is 10.1. The third-order valence-corrected chi connectivity index (χ3v) is 5.79. The molecule has 1 amide bonds. The minimum atomic E-state index is -0.0901. The van der Waals surface area contributed by atoms with E-state index in [0.717, 1.165) is 17.2 Å². The second kappa shape index (κ2) is 6.25. The van der Waals surface area contributed by atoms with Crippen molar-refractivity contribution in [2.75, 3.05) is 13.1 Å². The van der Waals surface area contributed by atoms with Crippen LogP contribution < -0.4 is 10.3 Å². The standard InChI is InChI=1S/C17H20N4O3S/c1-11-3-13(4-16(22)19(11)2)24-14-6-20(7-14)17(23)8-21-15-10-25-9-12(15)5-18-21/h3-5,14H,6-10H2,1-2H3. The highest BCUT2D eigenvalue weighted by Crippen LogP contribution is 2.29. The molecule has 1 saturated heterocycles. The van der Waals surface area contributed by atoms with E-state index >= 15 is 0 Å². The smallest absolute Gasteiger partial charge is 0.254 e. The number of hydrogen-bond acceptors (Lipinski definition) is 5. The summed E-state index contributed by atoms with van der Waals surface area (Å²) >= 11 is 1.85. The number of aromatic nitrogens is 3. The van der Waals surface area contributed by atoms with Crippen molar-refractivity contribution in [3.63, 3.8) is 0 Å². The molecule has 8 heteroatoms. The lowest BCUT2D eigenvalue weighted by molar-refractivity contribution is -0.140. The molecular weight excluding hydrogens is 340 g/mol. The fourth-order valence-electron chi connectivity index (χ4n) is 3.07. The maximum atomic E-state index is 12.4. The quantitative estimate of drug-likeness (QED) is 0.811. The molecule has 2 aromatic heterocycles. The van der Waals surface area contributed by atoms with Gasteiger partial charge in [0.2, 0.25) is 5.91 Å². The van der Waals surface area contributed by atoms with Crippen LogP contribution in [0, 0.1) is 6.92 Å². The van der Waals surface area contributed by atoms with Crippen molar-refractivity contribution < 1.29 is 9.53 Å². The number of thioether (sulfide) groups is 1. The Morgan fingerprint density at radius 1 is 1.36 bits per heavy atom. The van der Waals surface area contributed by atoms with Gasteiger partial charge in [-0.15, -0.1) is 0 Å². The van der Waals surface area contributed by atoms with Crippen molar-refractivity contribution in [1.82, 2.24) is 19.2 Å². The van der Waals surface area contributed by atoms with Crippen molar-refractivity contribution in [2.24, 2.45) is 7.05 Å². The molecule has 132 valence electrons. The minimum Gasteiger partial charge on any atom is -0.486 e. The van der Waals surface area contributed by atoms with Gasteiger partial charge < -0.3 is 14.2 Å². The number of carbonyl (C=O) groups excluding carboxylic acids is 1. The molecule has 0 spiro atoms. The number of aryl methyl sites for hydroxylation is 1. The van der Waals surface area contributed by atoms with Gasteiger partial charge in [-0.05, 0) is 13.0 Å². The first-order valence-corrected chi connectivity index (χ1v) is 9.40. The molecule has 0 saturated carbocycles. The molecule has 0 radical (unpaired) electrons. The molecule has 2 aliphatic heterocycles. The molecule has 4 heterocycles. The van der Waals surface area contributed by atoms with Crippen LogP contribution in [0.2, 0.25) is 0 Å².